The predicted octanol–water partition coefficient (Wildman–Crippen LogP) is 3.73. The van der Waals surface area contributed by atoms with E-state index >= 15 is 0 Å². The lowest BCUT2D eigenvalue weighted by Crippen LogP contribution is -1.98. The fourth-order valence-corrected chi connectivity index (χ4v) is 1.67. The molecule has 0 spiro atoms. The summed E-state index contributed by atoms with van der Waals surface area (Å²) in [4.78, 5) is 0. The summed E-state index contributed by atoms with van der Waals surface area (Å²) in [5, 5.41) is 0.791. The minimum Gasteiger partial charge on any atom is -0.493 e. The van der Waals surface area contributed by atoms with E-state index in [0.717, 1.165) is 26.9 Å². The third kappa shape index (κ3) is 2.74. The minimum absolute atomic E-state index is 0.791. The highest BCUT2D eigenvalue weighted by atomic mass is 127. The van der Waals surface area contributed by atoms with Gasteiger partial charge in [-0.05, 0) is 59.5 Å². The fourth-order valence-electron chi connectivity index (χ4n) is 1.07. The van der Waals surface area contributed by atoms with E-state index in [1.54, 1.807) is 0 Å². The van der Waals surface area contributed by atoms with Gasteiger partial charge in [-0.3, -0.25) is 0 Å². The summed E-state index contributed by atoms with van der Waals surface area (Å²) >= 11 is 8.10. The lowest BCUT2D eigenvalue weighted by atomic mass is 10.3. The summed E-state index contributed by atoms with van der Waals surface area (Å²) in [5.74, 6) is 1.73. The first-order valence-corrected chi connectivity index (χ1v) is 5.79. The van der Waals surface area contributed by atoms with Crippen LogP contribution in [-0.4, -0.2) is 6.61 Å². The molecule has 1 aliphatic rings. The molecule has 1 fully saturated rings. The molecule has 0 atom stereocenters. The number of rotatable bonds is 3. The molecule has 0 aromatic heterocycles. The van der Waals surface area contributed by atoms with E-state index in [4.69, 9.17) is 16.3 Å². The van der Waals surface area contributed by atoms with Crippen LogP contribution < -0.4 is 4.74 Å². The number of hydrogen-bond donors (Lipinski definition) is 0. The van der Waals surface area contributed by atoms with E-state index in [-0.39, 0.29) is 0 Å². The van der Waals surface area contributed by atoms with Gasteiger partial charge in [-0.2, -0.15) is 0 Å². The highest BCUT2D eigenvalue weighted by molar-refractivity contribution is 14.1. The van der Waals surface area contributed by atoms with Crippen molar-refractivity contribution in [3.05, 3.63) is 26.8 Å². The van der Waals surface area contributed by atoms with Gasteiger partial charge in [0, 0.05) is 3.57 Å². The standard InChI is InChI=1S/C10H10ClIO/c11-9-4-3-8(5-10(9)12)13-6-7-1-2-7/h3-5,7H,1-2,6H2. The van der Waals surface area contributed by atoms with Gasteiger partial charge in [0.2, 0.25) is 0 Å². The van der Waals surface area contributed by atoms with Crippen molar-refractivity contribution in [3.63, 3.8) is 0 Å². The summed E-state index contributed by atoms with van der Waals surface area (Å²) in [6.45, 7) is 0.859. The van der Waals surface area contributed by atoms with Crippen LogP contribution in [0.3, 0.4) is 0 Å². The molecule has 70 valence electrons. The van der Waals surface area contributed by atoms with Crippen molar-refractivity contribution in [1.82, 2.24) is 0 Å². The maximum absolute atomic E-state index is 5.89. The van der Waals surface area contributed by atoms with Gasteiger partial charge >= 0.3 is 0 Å². The Morgan fingerprint density at radius 1 is 1.46 bits per heavy atom. The Morgan fingerprint density at radius 3 is 2.85 bits per heavy atom. The first-order chi connectivity index (χ1) is 6.25. The SMILES string of the molecule is Clc1ccc(OCC2CC2)cc1I. The molecule has 3 heteroatoms. The topological polar surface area (TPSA) is 9.23 Å². The van der Waals surface area contributed by atoms with Crippen molar-refractivity contribution in [2.75, 3.05) is 6.61 Å². The summed E-state index contributed by atoms with van der Waals surface area (Å²) in [5.41, 5.74) is 0. The zero-order valence-corrected chi connectivity index (χ0v) is 10.0. The molecule has 0 radical (unpaired) electrons. The molecule has 2 rings (SSSR count). The van der Waals surface area contributed by atoms with E-state index in [2.05, 4.69) is 22.6 Å². The molecule has 0 saturated heterocycles. The molecule has 0 unspecified atom stereocenters. The molecule has 0 heterocycles. The van der Waals surface area contributed by atoms with E-state index < -0.39 is 0 Å². The number of ether oxygens (including phenoxy) is 1. The van der Waals surface area contributed by atoms with Crippen molar-refractivity contribution < 1.29 is 4.74 Å². The smallest absolute Gasteiger partial charge is 0.120 e. The van der Waals surface area contributed by atoms with E-state index in [1.807, 2.05) is 18.2 Å². The van der Waals surface area contributed by atoms with Gasteiger partial charge in [0.25, 0.3) is 0 Å². The third-order valence-corrected chi connectivity index (χ3v) is 3.61. The average molecular weight is 309 g/mol. The fraction of sp³-hybridized carbons (Fsp3) is 0.400. The molecule has 1 aromatic rings. The molecule has 0 N–H and O–H groups in total. The molecule has 1 aliphatic carbocycles. The van der Waals surface area contributed by atoms with Crippen LogP contribution in [0.5, 0.6) is 5.75 Å². The quantitative estimate of drug-likeness (QED) is 0.773. The summed E-state index contributed by atoms with van der Waals surface area (Å²) in [7, 11) is 0. The Balaban J connectivity index is 1.98. The van der Waals surface area contributed by atoms with Gasteiger partial charge < -0.3 is 4.74 Å². The molecular formula is C10H10ClIO. The molecule has 1 saturated carbocycles. The summed E-state index contributed by atoms with van der Waals surface area (Å²) in [6, 6.07) is 5.78. The third-order valence-electron chi connectivity index (χ3n) is 2.07. The first kappa shape index (κ1) is 9.59. The predicted molar refractivity (Wildman–Crippen MR) is 62.4 cm³/mol. The van der Waals surface area contributed by atoms with Gasteiger partial charge in [0.15, 0.2) is 0 Å². The molecule has 1 nitrogen and oxygen atoms in total. The van der Waals surface area contributed by atoms with Crippen LogP contribution in [0.4, 0.5) is 0 Å². The average Bonchev–Trinajstić information content (AvgIpc) is 2.91. The lowest BCUT2D eigenvalue weighted by molar-refractivity contribution is 0.299. The van der Waals surface area contributed by atoms with Crippen molar-refractivity contribution in [2.24, 2.45) is 5.92 Å². The van der Waals surface area contributed by atoms with Gasteiger partial charge in [-0.15, -0.1) is 0 Å². The van der Waals surface area contributed by atoms with Gasteiger partial charge in [0.1, 0.15) is 5.75 Å². The molecule has 0 aliphatic heterocycles. The van der Waals surface area contributed by atoms with Crippen LogP contribution in [0.1, 0.15) is 12.8 Å². The van der Waals surface area contributed by atoms with Crippen molar-refractivity contribution in [3.8, 4) is 5.75 Å². The Bertz CT molecular complexity index is 310. The number of halogens is 2. The second-order valence-electron chi connectivity index (χ2n) is 3.33. The Labute approximate surface area is 96.6 Å². The van der Waals surface area contributed by atoms with Gasteiger partial charge in [0.05, 0.1) is 11.6 Å². The maximum atomic E-state index is 5.89. The Morgan fingerprint density at radius 2 is 2.23 bits per heavy atom. The highest BCUT2D eigenvalue weighted by Crippen LogP contribution is 2.30. The second-order valence-corrected chi connectivity index (χ2v) is 4.90. The van der Waals surface area contributed by atoms with E-state index in [9.17, 15) is 0 Å². The number of benzene rings is 1. The highest BCUT2D eigenvalue weighted by Gasteiger charge is 2.21. The van der Waals surface area contributed by atoms with E-state index in [0.29, 0.717) is 0 Å². The normalized spacial score (nSPS) is 15.8. The first-order valence-electron chi connectivity index (χ1n) is 4.33. The monoisotopic (exact) mass is 308 g/mol. The van der Waals surface area contributed by atoms with Gasteiger partial charge in [-0.25, -0.2) is 0 Å². The second kappa shape index (κ2) is 4.05. The van der Waals surface area contributed by atoms with Crippen molar-refractivity contribution in [2.45, 2.75) is 12.8 Å². The van der Waals surface area contributed by atoms with Crippen molar-refractivity contribution in [1.29, 1.82) is 0 Å². The Hall–Kier alpha value is 0.0400. The lowest BCUT2D eigenvalue weighted by Gasteiger charge is -2.05. The van der Waals surface area contributed by atoms with Crippen LogP contribution >= 0.6 is 34.2 Å². The molecule has 0 bridgehead atoms. The van der Waals surface area contributed by atoms with Crippen LogP contribution in [0.25, 0.3) is 0 Å². The molecule has 0 amide bonds. The Kier molecular flexibility index (Phi) is 2.99. The van der Waals surface area contributed by atoms with Crippen LogP contribution in [-0.2, 0) is 0 Å². The summed E-state index contributed by atoms with van der Waals surface area (Å²) < 4.78 is 6.65. The molecular weight excluding hydrogens is 298 g/mol. The van der Waals surface area contributed by atoms with Crippen LogP contribution in [0, 0.1) is 9.49 Å². The van der Waals surface area contributed by atoms with Crippen LogP contribution in [0.2, 0.25) is 5.02 Å². The maximum Gasteiger partial charge on any atom is 0.120 e. The zero-order valence-electron chi connectivity index (χ0n) is 7.09. The largest absolute Gasteiger partial charge is 0.493 e. The number of hydrogen-bond acceptors (Lipinski definition) is 1. The van der Waals surface area contributed by atoms with Gasteiger partial charge in [-0.1, -0.05) is 11.6 Å². The zero-order chi connectivity index (χ0) is 9.26. The summed E-state index contributed by atoms with van der Waals surface area (Å²) in [6.07, 6.45) is 2.65. The van der Waals surface area contributed by atoms with E-state index in [1.165, 1.54) is 12.8 Å². The molecule has 1 aromatic carbocycles. The van der Waals surface area contributed by atoms with Crippen LogP contribution in [0.15, 0.2) is 18.2 Å². The molecule has 13 heavy (non-hydrogen) atoms. The minimum atomic E-state index is 0.791. The van der Waals surface area contributed by atoms with Crippen molar-refractivity contribution >= 4 is 34.2 Å².